The minimum Gasteiger partial charge on any atom is -0.466 e. The summed E-state index contributed by atoms with van der Waals surface area (Å²) in [6.45, 7) is 7.02. The topological polar surface area (TPSA) is 132 Å². The molecule has 0 aliphatic heterocycles. The van der Waals surface area contributed by atoms with Gasteiger partial charge in [0.15, 0.2) is 0 Å². The second kappa shape index (κ2) is 10.9. The first kappa shape index (κ1) is 25.7. The van der Waals surface area contributed by atoms with E-state index in [1.807, 2.05) is 0 Å². The van der Waals surface area contributed by atoms with Crippen LogP contribution < -0.4 is 4.72 Å². The maximum Gasteiger partial charge on any atom is 0.308 e. The smallest absolute Gasteiger partial charge is 0.308 e. The lowest BCUT2D eigenvalue weighted by atomic mass is 10.1. The van der Waals surface area contributed by atoms with E-state index in [2.05, 4.69) is 9.71 Å². The highest BCUT2D eigenvalue weighted by molar-refractivity contribution is 7.89. The minimum atomic E-state index is -4.13. The van der Waals surface area contributed by atoms with E-state index in [0.717, 1.165) is 19.0 Å². The first-order valence-electron chi connectivity index (χ1n) is 10.5. The van der Waals surface area contributed by atoms with E-state index in [-0.39, 0.29) is 30.5 Å². The molecular formula is C21H31N3O7S. The van der Waals surface area contributed by atoms with Gasteiger partial charge in [-0.1, -0.05) is 0 Å². The van der Waals surface area contributed by atoms with Crippen molar-refractivity contribution >= 4 is 27.9 Å². The number of nitrogens with one attached hydrogen (secondary N) is 1. The summed E-state index contributed by atoms with van der Waals surface area (Å²) in [5.74, 6) is -1.76. The number of rotatable bonds is 11. The standard InChI is InChI=1S/C21H31N3O7S/c1-5-30-18(25)10-12-24(15-8-9-15)20(27)17(13-19(26)31-21(2,3)4)23-32(28,29)16-7-6-11-22-14-16/h6-7,11,14-15,17,23H,5,8-10,12-13H2,1-4H3/t17-/m0/s1. The second-order valence-corrected chi connectivity index (χ2v) is 10.2. The van der Waals surface area contributed by atoms with Crippen molar-refractivity contribution in [3.05, 3.63) is 24.5 Å². The van der Waals surface area contributed by atoms with Crippen LogP contribution in [-0.2, 0) is 33.9 Å². The normalized spacial score (nSPS) is 15.0. The lowest BCUT2D eigenvalue weighted by molar-refractivity contribution is -0.157. The van der Waals surface area contributed by atoms with Crippen LogP contribution in [0.1, 0.15) is 53.4 Å². The number of aromatic nitrogens is 1. The summed E-state index contributed by atoms with van der Waals surface area (Å²) in [6, 6.07) is 1.29. The number of ether oxygens (including phenoxy) is 2. The number of amides is 1. The molecule has 178 valence electrons. The van der Waals surface area contributed by atoms with Gasteiger partial charge in [-0.15, -0.1) is 0 Å². The molecule has 0 spiro atoms. The zero-order chi connectivity index (χ0) is 23.9. The Kier molecular flexibility index (Phi) is 8.73. The van der Waals surface area contributed by atoms with Crippen LogP contribution >= 0.6 is 0 Å². The van der Waals surface area contributed by atoms with Crippen LogP contribution in [0.4, 0.5) is 0 Å². The van der Waals surface area contributed by atoms with Gasteiger partial charge in [-0.05, 0) is 52.7 Å². The predicted octanol–water partition coefficient (Wildman–Crippen LogP) is 1.40. The van der Waals surface area contributed by atoms with E-state index in [9.17, 15) is 22.8 Å². The fourth-order valence-electron chi connectivity index (χ4n) is 2.99. The minimum absolute atomic E-state index is 0.0232. The Balaban J connectivity index is 2.24. The quantitative estimate of drug-likeness (QED) is 0.481. The summed E-state index contributed by atoms with van der Waals surface area (Å²) in [5.41, 5.74) is -0.799. The van der Waals surface area contributed by atoms with Crippen LogP contribution in [-0.4, -0.2) is 67.0 Å². The highest BCUT2D eigenvalue weighted by Gasteiger charge is 2.39. The van der Waals surface area contributed by atoms with Crippen LogP contribution in [0.15, 0.2) is 29.4 Å². The molecule has 1 fully saturated rings. The molecule has 1 aromatic heterocycles. The number of esters is 2. The number of sulfonamides is 1. The van der Waals surface area contributed by atoms with Crippen molar-refractivity contribution in [1.82, 2.24) is 14.6 Å². The van der Waals surface area contributed by atoms with Gasteiger partial charge in [0.1, 0.15) is 16.5 Å². The second-order valence-electron chi connectivity index (χ2n) is 8.47. The van der Waals surface area contributed by atoms with Crippen LogP contribution in [0.5, 0.6) is 0 Å². The SMILES string of the molecule is CCOC(=O)CCN(C(=O)[C@H](CC(=O)OC(C)(C)C)NS(=O)(=O)c1cccnc1)C1CC1. The van der Waals surface area contributed by atoms with Crippen molar-refractivity contribution in [3.8, 4) is 0 Å². The number of pyridine rings is 1. The van der Waals surface area contributed by atoms with Crippen LogP contribution in [0.3, 0.4) is 0 Å². The zero-order valence-electron chi connectivity index (χ0n) is 18.9. The van der Waals surface area contributed by atoms with Gasteiger partial charge in [0.05, 0.1) is 19.4 Å². The molecule has 1 aromatic rings. The Morgan fingerprint density at radius 3 is 2.47 bits per heavy atom. The average molecular weight is 470 g/mol. The highest BCUT2D eigenvalue weighted by Crippen LogP contribution is 2.28. The molecule has 1 atom stereocenters. The summed E-state index contributed by atoms with van der Waals surface area (Å²) in [4.78, 5) is 42.7. The lowest BCUT2D eigenvalue weighted by Crippen LogP contribution is -2.51. The van der Waals surface area contributed by atoms with Gasteiger partial charge in [0, 0.05) is 25.0 Å². The van der Waals surface area contributed by atoms with Crippen molar-refractivity contribution in [2.45, 2.75) is 76.0 Å². The van der Waals surface area contributed by atoms with Gasteiger partial charge in [0.25, 0.3) is 0 Å². The number of hydrogen-bond acceptors (Lipinski definition) is 8. The third-order valence-electron chi connectivity index (χ3n) is 4.46. The Hall–Kier alpha value is -2.53. The van der Waals surface area contributed by atoms with E-state index in [1.165, 1.54) is 23.2 Å². The maximum atomic E-state index is 13.3. The summed E-state index contributed by atoms with van der Waals surface area (Å²) < 4.78 is 38.2. The molecule has 1 heterocycles. The summed E-state index contributed by atoms with van der Waals surface area (Å²) in [7, 11) is -4.13. The monoisotopic (exact) mass is 469 g/mol. The first-order chi connectivity index (χ1) is 14.9. The van der Waals surface area contributed by atoms with Crippen LogP contribution in [0.25, 0.3) is 0 Å². The van der Waals surface area contributed by atoms with Gasteiger partial charge in [0.2, 0.25) is 15.9 Å². The van der Waals surface area contributed by atoms with E-state index in [1.54, 1.807) is 27.7 Å². The lowest BCUT2D eigenvalue weighted by Gasteiger charge is -2.28. The molecule has 1 N–H and O–H groups in total. The molecule has 1 aliphatic rings. The molecule has 1 aliphatic carbocycles. The largest absolute Gasteiger partial charge is 0.466 e. The van der Waals surface area contributed by atoms with Gasteiger partial charge >= 0.3 is 11.9 Å². The van der Waals surface area contributed by atoms with Crippen molar-refractivity contribution < 1.29 is 32.3 Å². The molecular weight excluding hydrogens is 438 g/mol. The fraction of sp³-hybridized carbons (Fsp3) is 0.619. The first-order valence-corrected chi connectivity index (χ1v) is 12.0. The van der Waals surface area contributed by atoms with Crippen molar-refractivity contribution in [2.75, 3.05) is 13.2 Å². The average Bonchev–Trinajstić information content (AvgIpc) is 3.52. The van der Waals surface area contributed by atoms with Gasteiger partial charge in [-0.2, -0.15) is 4.72 Å². The Morgan fingerprint density at radius 1 is 1.25 bits per heavy atom. The number of carbonyl (C=O) groups is 3. The van der Waals surface area contributed by atoms with Crippen molar-refractivity contribution in [3.63, 3.8) is 0 Å². The van der Waals surface area contributed by atoms with Gasteiger partial charge < -0.3 is 14.4 Å². The molecule has 0 radical (unpaired) electrons. The van der Waals surface area contributed by atoms with Crippen LogP contribution in [0, 0.1) is 0 Å². The molecule has 0 bridgehead atoms. The Morgan fingerprint density at radius 2 is 1.94 bits per heavy atom. The Bertz CT molecular complexity index is 909. The van der Waals surface area contributed by atoms with Crippen molar-refractivity contribution in [2.24, 2.45) is 0 Å². The Labute approximate surface area is 188 Å². The number of hydrogen-bond donors (Lipinski definition) is 1. The molecule has 1 saturated carbocycles. The maximum absolute atomic E-state index is 13.3. The van der Waals surface area contributed by atoms with Crippen molar-refractivity contribution in [1.29, 1.82) is 0 Å². The number of carbonyl (C=O) groups excluding carboxylic acids is 3. The van der Waals surface area contributed by atoms with Crippen LogP contribution in [0.2, 0.25) is 0 Å². The van der Waals surface area contributed by atoms with Gasteiger partial charge in [-0.3, -0.25) is 19.4 Å². The molecule has 0 saturated heterocycles. The molecule has 11 heteroatoms. The summed E-state index contributed by atoms with van der Waals surface area (Å²) >= 11 is 0. The van der Waals surface area contributed by atoms with E-state index >= 15 is 0 Å². The highest BCUT2D eigenvalue weighted by atomic mass is 32.2. The molecule has 32 heavy (non-hydrogen) atoms. The summed E-state index contributed by atoms with van der Waals surface area (Å²) in [6.07, 6.45) is 3.54. The van der Waals surface area contributed by atoms with E-state index in [4.69, 9.17) is 9.47 Å². The fourth-order valence-corrected chi connectivity index (χ4v) is 4.15. The number of nitrogens with zero attached hydrogens (tertiary/aromatic N) is 2. The van der Waals surface area contributed by atoms with E-state index in [0.29, 0.717) is 0 Å². The molecule has 0 aromatic carbocycles. The third kappa shape index (κ3) is 8.19. The van der Waals surface area contributed by atoms with Gasteiger partial charge in [-0.25, -0.2) is 8.42 Å². The third-order valence-corrected chi connectivity index (χ3v) is 5.92. The molecule has 1 amide bonds. The molecule has 2 rings (SSSR count). The predicted molar refractivity (Wildman–Crippen MR) is 115 cm³/mol. The van der Waals surface area contributed by atoms with E-state index < -0.39 is 45.9 Å². The molecule has 0 unspecified atom stereocenters. The summed E-state index contributed by atoms with van der Waals surface area (Å²) in [5, 5.41) is 0. The molecule has 10 nitrogen and oxygen atoms in total. The zero-order valence-corrected chi connectivity index (χ0v) is 19.7.